The van der Waals surface area contributed by atoms with Crippen LogP contribution in [0.5, 0.6) is 5.75 Å². The predicted molar refractivity (Wildman–Crippen MR) is 75.3 cm³/mol. The van der Waals surface area contributed by atoms with Crippen LogP contribution in [0.1, 0.15) is 19.7 Å². The smallest absolute Gasteiger partial charge is 0.196 e. The number of benzene rings is 1. The Labute approximate surface area is 113 Å². The van der Waals surface area contributed by atoms with Crippen molar-refractivity contribution >= 4 is 0 Å². The Morgan fingerprint density at radius 2 is 2.21 bits per heavy atom. The average Bonchev–Trinajstić information content (AvgIpc) is 2.87. The summed E-state index contributed by atoms with van der Waals surface area (Å²) in [7, 11) is 1.66. The number of hydrogen-bond acceptors (Lipinski definition) is 4. The summed E-state index contributed by atoms with van der Waals surface area (Å²) in [6.07, 6.45) is 2.56. The van der Waals surface area contributed by atoms with Gasteiger partial charge in [-0.25, -0.2) is 4.98 Å². The third-order valence-corrected chi connectivity index (χ3v) is 2.80. The van der Waals surface area contributed by atoms with Crippen LogP contribution in [0.15, 0.2) is 34.9 Å². The van der Waals surface area contributed by atoms with Gasteiger partial charge in [0.25, 0.3) is 0 Å². The van der Waals surface area contributed by atoms with Gasteiger partial charge in [-0.2, -0.15) is 0 Å². The predicted octanol–water partition coefficient (Wildman–Crippen LogP) is 2.89. The van der Waals surface area contributed by atoms with Crippen molar-refractivity contribution in [3.8, 4) is 17.1 Å². The molecule has 0 radical (unpaired) electrons. The molecule has 19 heavy (non-hydrogen) atoms. The number of oxazole rings is 1. The molecule has 0 atom stereocenters. The third-order valence-electron chi connectivity index (χ3n) is 2.80. The van der Waals surface area contributed by atoms with Gasteiger partial charge in [0.15, 0.2) is 11.7 Å². The van der Waals surface area contributed by atoms with E-state index < -0.39 is 0 Å². The number of nitrogens with zero attached hydrogens (tertiary/aromatic N) is 1. The second kappa shape index (κ2) is 6.38. The van der Waals surface area contributed by atoms with Gasteiger partial charge in [0.1, 0.15) is 5.75 Å². The van der Waals surface area contributed by atoms with Crippen molar-refractivity contribution in [2.75, 3.05) is 13.7 Å². The molecule has 102 valence electrons. The lowest BCUT2D eigenvalue weighted by Gasteiger charge is -2.05. The number of rotatable bonds is 6. The number of hydrogen-bond donors (Lipinski definition) is 1. The number of aromatic nitrogens is 1. The topological polar surface area (TPSA) is 47.3 Å². The minimum Gasteiger partial charge on any atom is -0.497 e. The van der Waals surface area contributed by atoms with E-state index in [-0.39, 0.29) is 0 Å². The minimum absolute atomic E-state index is 0.479. The fraction of sp³-hybridized carbons (Fsp3) is 0.400. The maximum absolute atomic E-state index is 5.74. The molecule has 1 N–H and O–H groups in total. The Hall–Kier alpha value is -1.81. The first-order valence-electron chi connectivity index (χ1n) is 6.51. The van der Waals surface area contributed by atoms with Crippen molar-refractivity contribution in [1.29, 1.82) is 0 Å². The molecule has 0 spiro atoms. The number of methoxy groups -OCH3 is 1. The largest absolute Gasteiger partial charge is 0.497 e. The van der Waals surface area contributed by atoms with Gasteiger partial charge in [0, 0.05) is 24.6 Å². The van der Waals surface area contributed by atoms with Gasteiger partial charge < -0.3 is 14.5 Å². The monoisotopic (exact) mass is 260 g/mol. The summed E-state index contributed by atoms with van der Waals surface area (Å²) < 4.78 is 10.9. The normalized spacial score (nSPS) is 10.9. The summed E-state index contributed by atoms with van der Waals surface area (Å²) >= 11 is 0. The molecule has 4 nitrogen and oxygen atoms in total. The third kappa shape index (κ3) is 3.83. The van der Waals surface area contributed by atoms with Crippen molar-refractivity contribution in [1.82, 2.24) is 10.3 Å². The van der Waals surface area contributed by atoms with E-state index in [9.17, 15) is 0 Å². The van der Waals surface area contributed by atoms with E-state index in [2.05, 4.69) is 24.1 Å². The van der Waals surface area contributed by atoms with Crippen molar-refractivity contribution in [3.63, 3.8) is 0 Å². The van der Waals surface area contributed by atoms with Crippen LogP contribution in [0.25, 0.3) is 11.3 Å². The summed E-state index contributed by atoms with van der Waals surface area (Å²) in [4.78, 5) is 4.30. The summed E-state index contributed by atoms with van der Waals surface area (Å²) in [5, 5.41) is 3.34. The van der Waals surface area contributed by atoms with Crippen molar-refractivity contribution in [2.24, 2.45) is 0 Å². The zero-order valence-corrected chi connectivity index (χ0v) is 11.6. The van der Waals surface area contributed by atoms with E-state index in [1.807, 2.05) is 24.3 Å². The van der Waals surface area contributed by atoms with Gasteiger partial charge in [0.05, 0.1) is 13.3 Å². The highest BCUT2D eigenvalue weighted by Crippen LogP contribution is 2.24. The maximum Gasteiger partial charge on any atom is 0.196 e. The molecule has 4 heteroatoms. The second-order valence-electron chi connectivity index (χ2n) is 4.71. The fourth-order valence-corrected chi connectivity index (χ4v) is 1.80. The molecule has 0 amide bonds. The molecule has 1 aromatic carbocycles. The summed E-state index contributed by atoms with van der Waals surface area (Å²) in [5.74, 6) is 2.35. The van der Waals surface area contributed by atoms with Crippen LogP contribution in [-0.4, -0.2) is 24.7 Å². The highest BCUT2D eigenvalue weighted by atomic mass is 16.5. The van der Waals surface area contributed by atoms with Crippen LogP contribution >= 0.6 is 0 Å². The molecule has 2 aromatic rings. The van der Waals surface area contributed by atoms with Crippen LogP contribution in [0, 0.1) is 0 Å². The maximum atomic E-state index is 5.74. The highest BCUT2D eigenvalue weighted by Gasteiger charge is 2.07. The molecule has 0 fully saturated rings. The van der Waals surface area contributed by atoms with E-state index in [0.29, 0.717) is 6.04 Å². The lowest BCUT2D eigenvalue weighted by atomic mass is 10.2. The van der Waals surface area contributed by atoms with Crippen molar-refractivity contribution in [3.05, 3.63) is 36.4 Å². The lowest BCUT2D eigenvalue weighted by molar-refractivity contribution is 0.414. The van der Waals surface area contributed by atoms with Crippen LogP contribution in [0.2, 0.25) is 0 Å². The fourth-order valence-electron chi connectivity index (χ4n) is 1.80. The van der Waals surface area contributed by atoms with Crippen molar-refractivity contribution < 1.29 is 9.15 Å². The van der Waals surface area contributed by atoms with E-state index in [1.54, 1.807) is 13.3 Å². The molecule has 0 aliphatic carbocycles. The minimum atomic E-state index is 0.479. The quantitative estimate of drug-likeness (QED) is 0.867. The lowest BCUT2D eigenvalue weighted by Crippen LogP contribution is -2.24. The van der Waals surface area contributed by atoms with Gasteiger partial charge >= 0.3 is 0 Å². The second-order valence-corrected chi connectivity index (χ2v) is 4.71. The van der Waals surface area contributed by atoms with Crippen LogP contribution < -0.4 is 10.1 Å². The van der Waals surface area contributed by atoms with E-state index >= 15 is 0 Å². The molecule has 2 rings (SSSR count). The Balaban J connectivity index is 2.03. The SMILES string of the molecule is COc1cccc(-c2cnc(CCNC(C)C)o2)c1. The van der Waals surface area contributed by atoms with Crippen LogP contribution in [0.3, 0.4) is 0 Å². The van der Waals surface area contributed by atoms with Gasteiger partial charge in [-0.05, 0) is 12.1 Å². The van der Waals surface area contributed by atoms with Gasteiger partial charge in [-0.15, -0.1) is 0 Å². The van der Waals surface area contributed by atoms with Crippen molar-refractivity contribution in [2.45, 2.75) is 26.3 Å². The Morgan fingerprint density at radius 1 is 1.37 bits per heavy atom. The first kappa shape index (κ1) is 13.6. The zero-order chi connectivity index (χ0) is 13.7. The molecular weight excluding hydrogens is 240 g/mol. The molecule has 0 saturated heterocycles. The molecule has 0 saturated carbocycles. The summed E-state index contributed by atoms with van der Waals surface area (Å²) in [6.45, 7) is 5.12. The zero-order valence-electron chi connectivity index (χ0n) is 11.6. The Morgan fingerprint density at radius 3 is 2.95 bits per heavy atom. The molecule has 1 heterocycles. The average molecular weight is 260 g/mol. The summed E-state index contributed by atoms with van der Waals surface area (Å²) in [5.41, 5.74) is 0.981. The molecule has 0 bridgehead atoms. The first-order valence-corrected chi connectivity index (χ1v) is 6.51. The van der Waals surface area contributed by atoms with E-state index in [1.165, 1.54) is 0 Å². The number of nitrogens with one attached hydrogen (secondary N) is 1. The highest BCUT2D eigenvalue weighted by molar-refractivity contribution is 5.58. The standard InChI is InChI=1S/C15H20N2O2/c1-11(2)16-8-7-15-17-10-14(19-15)12-5-4-6-13(9-12)18-3/h4-6,9-11,16H,7-8H2,1-3H3. The Bertz CT molecular complexity index is 520. The molecule has 0 aliphatic heterocycles. The van der Waals surface area contributed by atoms with E-state index in [4.69, 9.17) is 9.15 Å². The van der Waals surface area contributed by atoms with Gasteiger partial charge in [-0.3, -0.25) is 0 Å². The first-order chi connectivity index (χ1) is 9.19. The van der Waals surface area contributed by atoms with Gasteiger partial charge in [-0.1, -0.05) is 26.0 Å². The van der Waals surface area contributed by atoms with Crippen LogP contribution in [-0.2, 0) is 6.42 Å². The molecule has 0 aliphatic rings. The number of ether oxygens (including phenoxy) is 1. The Kier molecular flexibility index (Phi) is 4.58. The summed E-state index contributed by atoms with van der Waals surface area (Å²) in [6, 6.07) is 8.26. The van der Waals surface area contributed by atoms with Gasteiger partial charge in [0.2, 0.25) is 0 Å². The molecule has 1 aromatic heterocycles. The molecule has 0 unspecified atom stereocenters. The molecular formula is C15H20N2O2. The van der Waals surface area contributed by atoms with E-state index in [0.717, 1.165) is 35.9 Å². The van der Waals surface area contributed by atoms with Crippen LogP contribution in [0.4, 0.5) is 0 Å².